The van der Waals surface area contributed by atoms with Crippen molar-refractivity contribution in [2.75, 3.05) is 14.2 Å². The van der Waals surface area contributed by atoms with Crippen molar-refractivity contribution >= 4 is 19.5 Å². The Kier molecular flexibility index (Phi) is 7.77. The summed E-state index contributed by atoms with van der Waals surface area (Å²) in [5.74, 6) is 0.134. The Morgan fingerprint density at radius 3 is 2.10 bits per heavy atom. The monoisotopic (exact) mass is 436 g/mol. The van der Waals surface area contributed by atoms with Gasteiger partial charge in [-0.2, -0.15) is 0 Å². The Morgan fingerprint density at radius 1 is 1.10 bits per heavy atom. The van der Waals surface area contributed by atoms with Gasteiger partial charge in [-0.05, 0) is 72.8 Å². The second-order valence-corrected chi connectivity index (χ2v) is 11.7. The Morgan fingerprint density at radius 2 is 1.63 bits per heavy atom. The van der Waals surface area contributed by atoms with Crippen LogP contribution in [0.15, 0.2) is 12.1 Å². The molecule has 1 aliphatic rings. The van der Waals surface area contributed by atoms with Gasteiger partial charge in [0.15, 0.2) is 5.78 Å². The van der Waals surface area contributed by atoms with Crippen molar-refractivity contribution in [2.45, 2.75) is 83.7 Å². The van der Waals surface area contributed by atoms with E-state index in [9.17, 15) is 14.5 Å². The second-order valence-electron chi connectivity index (χ2n) is 9.08. The molecule has 0 radical (unpaired) electrons. The van der Waals surface area contributed by atoms with Crippen LogP contribution in [0.3, 0.4) is 0 Å². The van der Waals surface area contributed by atoms with E-state index in [2.05, 4.69) is 20.8 Å². The number of hydrogen-bond donors (Lipinski definition) is 1. The number of aromatic hydroxyl groups is 1. The first-order chi connectivity index (χ1) is 14.0. The summed E-state index contributed by atoms with van der Waals surface area (Å²) in [6.07, 6.45) is 7.88. The number of allylic oxidation sites excluding steroid dienone is 1. The molecule has 2 rings (SSSR count). The topological polar surface area (TPSA) is 72.8 Å². The molecule has 0 heterocycles. The Balaban J connectivity index is 2.58. The van der Waals surface area contributed by atoms with Crippen molar-refractivity contribution in [3.05, 3.63) is 34.4 Å². The van der Waals surface area contributed by atoms with Crippen LogP contribution in [0.2, 0.25) is 0 Å². The molecule has 0 fully saturated rings. The molecule has 1 aromatic carbocycles. The molecule has 1 aromatic rings. The molecule has 30 heavy (non-hydrogen) atoms. The van der Waals surface area contributed by atoms with Crippen LogP contribution in [0.1, 0.15) is 82.6 Å². The molecule has 0 aromatic heterocycles. The fourth-order valence-corrected chi connectivity index (χ4v) is 6.51. The van der Waals surface area contributed by atoms with Crippen molar-refractivity contribution < 1.29 is 23.5 Å². The number of benzene rings is 1. The van der Waals surface area contributed by atoms with Crippen LogP contribution < -0.4 is 0 Å². The quantitative estimate of drug-likeness (QED) is 0.388. The van der Waals surface area contributed by atoms with Gasteiger partial charge in [0.2, 0.25) is 0 Å². The maximum Gasteiger partial charge on any atom is 0.343 e. The first-order valence-corrected chi connectivity index (χ1v) is 12.4. The molecule has 0 saturated heterocycles. The number of hydrogen-bond acceptors (Lipinski definition) is 5. The number of phenolic OH excluding ortho intramolecular Hbond substituents is 1. The maximum atomic E-state index is 13.3. The third-order valence-electron chi connectivity index (χ3n) is 6.51. The summed E-state index contributed by atoms with van der Waals surface area (Å²) < 4.78 is 23.7. The highest BCUT2D eigenvalue weighted by Gasteiger charge is 2.52. The molecule has 5 nitrogen and oxygen atoms in total. The lowest BCUT2D eigenvalue weighted by molar-refractivity contribution is -0.117. The van der Waals surface area contributed by atoms with Crippen LogP contribution >= 0.6 is 7.60 Å². The average Bonchev–Trinajstić information content (AvgIpc) is 2.73. The number of ketones is 1. The SMILES string of the molecule is CCC(CC)(C(=O)/C=C/c1cc(C(C)(C)C)c(O)c2c1CCCC2)P(=O)(OC)OC. The van der Waals surface area contributed by atoms with Gasteiger partial charge in [0, 0.05) is 19.8 Å². The molecule has 6 heteroatoms. The fourth-order valence-electron chi connectivity index (χ4n) is 4.54. The van der Waals surface area contributed by atoms with Gasteiger partial charge in [0.25, 0.3) is 0 Å². The third kappa shape index (κ3) is 4.30. The van der Waals surface area contributed by atoms with Crippen molar-refractivity contribution in [1.82, 2.24) is 0 Å². The molecule has 0 bridgehead atoms. The summed E-state index contributed by atoms with van der Waals surface area (Å²) in [7, 11) is -0.954. The molecule has 0 saturated carbocycles. The molecular weight excluding hydrogens is 399 g/mol. The zero-order valence-corrected chi connectivity index (χ0v) is 20.4. The number of fused-ring (bicyclic) bond motifs is 1. The summed E-state index contributed by atoms with van der Waals surface area (Å²) in [4.78, 5) is 13.3. The average molecular weight is 437 g/mol. The fraction of sp³-hybridized carbons (Fsp3) is 0.625. The van der Waals surface area contributed by atoms with Crippen molar-refractivity contribution in [2.24, 2.45) is 0 Å². The maximum absolute atomic E-state index is 13.3. The number of carbonyl (C=O) groups excluding carboxylic acids is 1. The summed E-state index contributed by atoms with van der Waals surface area (Å²) in [5.41, 5.74) is 3.72. The lowest BCUT2D eigenvalue weighted by Gasteiger charge is -2.34. The predicted octanol–water partition coefficient (Wildman–Crippen LogP) is 6.20. The summed E-state index contributed by atoms with van der Waals surface area (Å²) >= 11 is 0. The Bertz CT molecular complexity index is 851. The van der Waals surface area contributed by atoms with Crippen molar-refractivity contribution in [3.8, 4) is 5.75 Å². The van der Waals surface area contributed by atoms with Crippen molar-refractivity contribution in [1.29, 1.82) is 0 Å². The number of carbonyl (C=O) groups is 1. The molecule has 0 atom stereocenters. The first-order valence-electron chi connectivity index (χ1n) is 10.8. The van der Waals surface area contributed by atoms with E-state index in [0.717, 1.165) is 47.9 Å². The van der Waals surface area contributed by atoms with Gasteiger partial charge < -0.3 is 14.2 Å². The highest BCUT2D eigenvalue weighted by Crippen LogP contribution is 2.62. The Hall–Kier alpha value is -1.42. The largest absolute Gasteiger partial charge is 0.507 e. The van der Waals surface area contributed by atoms with Crippen LogP contribution in [-0.4, -0.2) is 30.3 Å². The number of phenols is 1. The minimum atomic E-state index is -3.61. The van der Waals surface area contributed by atoms with Gasteiger partial charge in [-0.25, -0.2) is 0 Å². The zero-order chi connectivity index (χ0) is 22.7. The first kappa shape index (κ1) is 24.8. The van der Waals surface area contributed by atoms with Gasteiger partial charge >= 0.3 is 7.60 Å². The van der Waals surface area contributed by atoms with Crippen LogP contribution in [-0.2, 0) is 36.7 Å². The van der Waals surface area contributed by atoms with Gasteiger partial charge in [-0.1, -0.05) is 40.7 Å². The molecule has 0 spiro atoms. The van der Waals surface area contributed by atoms with E-state index in [4.69, 9.17) is 9.05 Å². The van der Waals surface area contributed by atoms with Crippen LogP contribution in [0, 0.1) is 0 Å². The van der Waals surface area contributed by atoms with Crippen LogP contribution in [0.4, 0.5) is 0 Å². The highest BCUT2D eigenvalue weighted by molar-refractivity contribution is 7.56. The predicted molar refractivity (Wildman–Crippen MR) is 122 cm³/mol. The molecule has 1 N–H and O–H groups in total. The molecule has 1 aliphatic carbocycles. The third-order valence-corrected chi connectivity index (χ3v) is 9.38. The lowest BCUT2D eigenvalue weighted by Crippen LogP contribution is -2.37. The Labute approximate surface area is 181 Å². The van der Waals surface area contributed by atoms with Gasteiger partial charge in [0.1, 0.15) is 10.9 Å². The molecule has 0 aliphatic heterocycles. The van der Waals surface area contributed by atoms with Crippen LogP contribution in [0.25, 0.3) is 6.08 Å². The van der Waals surface area contributed by atoms with E-state index < -0.39 is 12.8 Å². The van der Waals surface area contributed by atoms with E-state index >= 15 is 0 Å². The summed E-state index contributed by atoms with van der Waals surface area (Å²) in [6.45, 7) is 9.88. The molecular formula is C24H37O5P. The highest BCUT2D eigenvalue weighted by atomic mass is 31.2. The molecule has 168 valence electrons. The summed E-state index contributed by atoms with van der Waals surface area (Å²) in [5, 5.41) is 9.68. The van der Waals surface area contributed by atoms with Gasteiger partial charge in [0.05, 0.1) is 0 Å². The van der Waals surface area contributed by atoms with Gasteiger partial charge in [-0.15, -0.1) is 0 Å². The van der Waals surface area contributed by atoms with Gasteiger partial charge in [-0.3, -0.25) is 9.36 Å². The normalized spacial score (nSPS) is 15.4. The lowest BCUT2D eigenvalue weighted by atomic mass is 9.78. The summed E-state index contributed by atoms with van der Waals surface area (Å²) in [6, 6.07) is 2.00. The van der Waals surface area contributed by atoms with E-state index in [-0.39, 0.29) is 11.2 Å². The zero-order valence-electron chi connectivity index (χ0n) is 19.5. The number of rotatable bonds is 8. The molecule has 0 unspecified atom stereocenters. The van der Waals surface area contributed by atoms with E-state index in [1.54, 1.807) is 0 Å². The van der Waals surface area contributed by atoms with E-state index in [1.165, 1.54) is 20.3 Å². The van der Waals surface area contributed by atoms with Crippen molar-refractivity contribution in [3.63, 3.8) is 0 Å². The minimum Gasteiger partial charge on any atom is -0.507 e. The standard InChI is InChI=1S/C24H37O5P/c1-8-24(9-2,30(27,28-6)29-7)21(25)15-14-17-16-20(23(3,4)5)22(26)19-13-11-10-12-18(17)19/h14-16,26H,8-13H2,1-7H3/b15-14+. The smallest absolute Gasteiger partial charge is 0.343 e. The van der Waals surface area contributed by atoms with Crippen LogP contribution in [0.5, 0.6) is 5.75 Å². The second kappa shape index (κ2) is 9.38. The van der Waals surface area contributed by atoms with E-state index in [1.807, 2.05) is 26.0 Å². The molecule has 0 amide bonds. The minimum absolute atomic E-state index is 0.221. The van der Waals surface area contributed by atoms with E-state index in [0.29, 0.717) is 18.6 Å².